The van der Waals surface area contributed by atoms with E-state index in [9.17, 15) is 0 Å². The van der Waals surface area contributed by atoms with Crippen molar-refractivity contribution in [3.63, 3.8) is 0 Å². The smallest absolute Gasteiger partial charge is 0.265 e. The van der Waals surface area contributed by atoms with Gasteiger partial charge < -0.3 is 4.74 Å². The fraction of sp³-hybridized carbons (Fsp3) is 0.0435. The molecule has 2 heterocycles. The van der Waals surface area contributed by atoms with Crippen molar-refractivity contribution in [1.82, 2.24) is 0 Å². The number of benzene rings is 2. The van der Waals surface area contributed by atoms with E-state index in [1.54, 1.807) is 12.4 Å². The number of halogens is 1. The van der Waals surface area contributed by atoms with Gasteiger partial charge in [0.2, 0.25) is 5.70 Å². The number of nitrogens with two attached hydrogens (primary N) is 1. The number of allylic oxidation sites excluding steroid dienone is 4. The summed E-state index contributed by atoms with van der Waals surface area (Å²) in [4.78, 5) is 9.13. The number of rotatable bonds is 5. The van der Waals surface area contributed by atoms with Gasteiger partial charge in [0.1, 0.15) is 24.3 Å². The summed E-state index contributed by atoms with van der Waals surface area (Å²) in [7, 11) is 0. The van der Waals surface area contributed by atoms with E-state index in [2.05, 4.69) is 4.99 Å². The average molecular weight is 402 g/mol. The number of ether oxygens (including phenoxy) is 1. The highest BCUT2D eigenvalue weighted by Gasteiger charge is 2.44. The first-order valence-corrected chi connectivity index (χ1v) is 9.60. The maximum atomic E-state index is 6.74. The second kappa shape index (κ2) is 6.97. The zero-order chi connectivity index (χ0) is 19.8. The van der Waals surface area contributed by atoms with Crippen molar-refractivity contribution in [3.8, 4) is 5.75 Å². The molecule has 0 spiro atoms. The van der Waals surface area contributed by atoms with Crippen molar-refractivity contribution in [2.75, 3.05) is 0 Å². The SMILES string of the molecule is N[N+]12C=CN=CC1=C(C1=CC=C1)N=C2c1cccc(OCc2ccc(Cl)cc2)c1. The normalized spacial score (nSPS) is 21.6. The average Bonchev–Trinajstić information content (AvgIpc) is 2.99. The van der Waals surface area contributed by atoms with Gasteiger partial charge in [0.25, 0.3) is 5.84 Å². The summed E-state index contributed by atoms with van der Waals surface area (Å²) in [5.74, 6) is 8.22. The van der Waals surface area contributed by atoms with Crippen LogP contribution in [0.2, 0.25) is 5.02 Å². The molecule has 1 atom stereocenters. The molecule has 2 aliphatic heterocycles. The minimum Gasteiger partial charge on any atom is -0.489 e. The van der Waals surface area contributed by atoms with E-state index in [4.69, 9.17) is 27.2 Å². The summed E-state index contributed by atoms with van der Waals surface area (Å²) in [6.07, 6.45) is 11.4. The Hall–Kier alpha value is -3.25. The lowest BCUT2D eigenvalue weighted by Gasteiger charge is -2.26. The highest BCUT2D eigenvalue weighted by atomic mass is 35.5. The lowest BCUT2D eigenvalue weighted by Crippen LogP contribution is -2.53. The molecular weight excluding hydrogens is 384 g/mol. The summed E-state index contributed by atoms with van der Waals surface area (Å²) < 4.78 is 5.97. The highest BCUT2D eigenvalue weighted by molar-refractivity contribution is 6.30. The summed E-state index contributed by atoms with van der Waals surface area (Å²) >= 11 is 5.95. The molecule has 0 aromatic heterocycles. The van der Waals surface area contributed by atoms with Crippen LogP contribution < -0.4 is 10.6 Å². The van der Waals surface area contributed by atoms with E-state index in [1.165, 1.54) is 0 Å². The molecule has 5 rings (SSSR count). The van der Waals surface area contributed by atoms with Gasteiger partial charge in [-0.25, -0.2) is 0 Å². The fourth-order valence-electron chi connectivity index (χ4n) is 3.41. The van der Waals surface area contributed by atoms with Gasteiger partial charge >= 0.3 is 0 Å². The van der Waals surface area contributed by atoms with Crippen LogP contribution in [0.5, 0.6) is 5.75 Å². The largest absolute Gasteiger partial charge is 0.489 e. The molecule has 2 aromatic carbocycles. The molecule has 0 amide bonds. The van der Waals surface area contributed by atoms with Crippen LogP contribution in [0.25, 0.3) is 0 Å². The van der Waals surface area contributed by atoms with Gasteiger partial charge in [0.15, 0.2) is 0 Å². The molecule has 0 saturated carbocycles. The molecular formula is C23H18ClN4O+. The Bertz CT molecular complexity index is 1170. The van der Waals surface area contributed by atoms with Crippen LogP contribution in [0.1, 0.15) is 11.1 Å². The summed E-state index contributed by atoms with van der Waals surface area (Å²) in [5, 5.41) is 0.709. The zero-order valence-electron chi connectivity index (χ0n) is 15.5. The van der Waals surface area contributed by atoms with E-state index in [0.717, 1.165) is 39.7 Å². The van der Waals surface area contributed by atoms with Gasteiger partial charge in [-0.2, -0.15) is 10.8 Å². The molecule has 2 aromatic rings. The summed E-state index contributed by atoms with van der Waals surface area (Å²) in [5.41, 5.74) is 4.71. The number of hydrogen-bond donors (Lipinski definition) is 1. The Labute approximate surface area is 173 Å². The lowest BCUT2D eigenvalue weighted by molar-refractivity contribution is -0.750. The topological polar surface area (TPSA) is 60.0 Å². The van der Waals surface area contributed by atoms with Gasteiger partial charge in [0, 0.05) is 10.6 Å². The van der Waals surface area contributed by atoms with Gasteiger partial charge in [-0.15, -0.1) is 4.59 Å². The Morgan fingerprint density at radius 3 is 2.69 bits per heavy atom. The fourth-order valence-corrected chi connectivity index (χ4v) is 3.54. The molecule has 29 heavy (non-hydrogen) atoms. The maximum absolute atomic E-state index is 6.74. The summed E-state index contributed by atoms with van der Waals surface area (Å²) in [6.45, 7) is 0.453. The van der Waals surface area contributed by atoms with E-state index in [1.807, 2.05) is 73.0 Å². The third-order valence-corrected chi connectivity index (χ3v) is 5.28. The highest BCUT2D eigenvalue weighted by Crippen LogP contribution is 2.36. The van der Waals surface area contributed by atoms with Crippen molar-refractivity contribution in [3.05, 3.63) is 112 Å². The number of fused-ring (bicyclic) bond motifs is 1. The molecule has 142 valence electrons. The number of hydrogen-bond acceptors (Lipinski definition) is 4. The third kappa shape index (κ3) is 3.15. The molecule has 2 N–H and O–H groups in total. The van der Waals surface area contributed by atoms with Crippen LogP contribution in [-0.2, 0) is 6.61 Å². The van der Waals surface area contributed by atoms with Crippen molar-refractivity contribution in [2.24, 2.45) is 15.8 Å². The van der Waals surface area contributed by atoms with E-state index in [-0.39, 0.29) is 4.59 Å². The first-order valence-electron chi connectivity index (χ1n) is 9.22. The minimum absolute atomic E-state index is 0.00927. The molecule has 5 nitrogen and oxygen atoms in total. The molecule has 0 saturated heterocycles. The number of amidine groups is 1. The Kier molecular flexibility index (Phi) is 4.28. The molecule has 1 unspecified atom stereocenters. The molecule has 6 heteroatoms. The van der Waals surface area contributed by atoms with E-state index < -0.39 is 0 Å². The Morgan fingerprint density at radius 1 is 1.10 bits per heavy atom. The molecule has 0 radical (unpaired) electrons. The van der Waals surface area contributed by atoms with Crippen LogP contribution in [0.3, 0.4) is 0 Å². The zero-order valence-corrected chi connectivity index (χ0v) is 16.3. The molecule has 0 bridgehead atoms. The lowest BCUT2D eigenvalue weighted by atomic mass is 10.0. The standard InChI is InChI=1S/C23H18ClN4O/c24-19-9-7-16(8-10-19)15-29-20-6-2-5-18(13-20)23-27-22(17-3-1-4-17)21-14-26-11-12-28(21,23)25/h1-14H,15,25H2/q+1. The van der Waals surface area contributed by atoms with E-state index >= 15 is 0 Å². The van der Waals surface area contributed by atoms with E-state index in [0.29, 0.717) is 11.6 Å². The predicted molar refractivity (Wildman–Crippen MR) is 115 cm³/mol. The van der Waals surface area contributed by atoms with Gasteiger partial charge in [0.05, 0.1) is 18.0 Å². The first kappa shape index (κ1) is 17.8. The van der Waals surface area contributed by atoms with Crippen LogP contribution in [-0.4, -0.2) is 16.6 Å². The van der Waals surface area contributed by atoms with Crippen molar-refractivity contribution in [2.45, 2.75) is 6.61 Å². The van der Waals surface area contributed by atoms with Crippen molar-refractivity contribution < 1.29 is 9.33 Å². The Balaban J connectivity index is 1.44. The van der Waals surface area contributed by atoms with Crippen molar-refractivity contribution >= 4 is 23.7 Å². The quantitative estimate of drug-likeness (QED) is 0.586. The Morgan fingerprint density at radius 2 is 1.93 bits per heavy atom. The first-order chi connectivity index (χ1) is 14.1. The molecule has 3 aliphatic rings. The second-order valence-corrected chi connectivity index (χ2v) is 7.38. The molecule has 0 fully saturated rings. The maximum Gasteiger partial charge on any atom is 0.265 e. The van der Waals surface area contributed by atoms with Crippen LogP contribution in [0.15, 0.2) is 106 Å². The number of quaternary nitrogens is 1. The number of aliphatic imine (C=N–C) groups is 2. The second-order valence-electron chi connectivity index (χ2n) is 6.95. The van der Waals surface area contributed by atoms with Crippen LogP contribution in [0.4, 0.5) is 0 Å². The third-order valence-electron chi connectivity index (χ3n) is 5.03. The van der Waals surface area contributed by atoms with Crippen LogP contribution in [0, 0.1) is 0 Å². The van der Waals surface area contributed by atoms with Crippen LogP contribution >= 0.6 is 11.6 Å². The van der Waals surface area contributed by atoms with Gasteiger partial charge in [-0.1, -0.05) is 48.0 Å². The monoisotopic (exact) mass is 401 g/mol. The summed E-state index contributed by atoms with van der Waals surface area (Å²) in [6, 6.07) is 15.4. The number of nitrogens with zero attached hydrogens (tertiary/aromatic N) is 3. The molecule has 1 aliphatic carbocycles. The predicted octanol–water partition coefficient (Wildman–Crippen LogP) is 4.63. The van der Waals surface area contributed by atoms with Gasteiger partial charge in [-0.3, -0.25) is 4.99 Å². The minimum atomic E-state index is -0.00927. The van der Waals surface area contributed by atoms with Gasteiger partial charge in [-0.05, 0) is 35.9 Å². The van der Waals surface area contributed by atoms with Crippen molar-refractivity contribution in [1.29, 1.82) is 0 Å².